The molecular formula is C17H18F2N2O. The second-order valence-corrected chi connectivity index (χ2v) is 5.75. The number of benzene rings is 1. The van der Waals surface area contributed by atoms with Gasteiger partial charge in [0.1, 0.15) is 11.5 Å². The minimum atomic E-state index is -0.517. The van der Waals surface area contributed by atoms with Gasteiger partial charge in [0.25, 0.3) is 0 Å². The maximum absolute atomic E-state index is 14.8. The largest absolute Gasteiger partial charge is 0.393 e. The fraction of sp³-hybridized carbons (Fsp3) is 0.353. The van der Waals surface area contributed by atoms with Gasteiger partial charge in [-0.15, -0.1) is 0 Å². The molecule has 0 radical (unpaired) electrons. The smallest absolute Gasteiger partial charge is 0.172 e. The Morgan fingerprint density at radius 1 is 1.23 bits per heavy atom. The van der Waals surface area contributed by atoms with Crippen LogP contribution in [0.1, 0.15) is 13.3 Å². The molecule has 3 rings (SSSR count). The first-order valence-electron chi connectivity index (χ1n) is 7.40. The number of hydrogen-bond donors (Lipinski definition) is 1. The van der Waals surface area contributed by atoms with Crippen molar-refractivity contribution in [3.63, 3.8) is 0 Å². The van der Waals surface area contributed by atoms with E-state index in [1.807, 2.05) is 11.8 Å². The summed E-state index contributed by atoms with van der Waals surface area (Å²) in [6, 6.07) is 7.64. The van der Waals surface area contributed by atoms with Crippen molar-refractivity contribution >= 4 is 5.69 Å². The molecular weight excluding hydrogens is 286 g/mol. The van der Waals surface area contributed by atoms with Crippen LogP contribution in [0, 0.1) is 17.6 Å². The molecule has 5 heteroatoms. The van der Waals surface area contributed by atoms with Crippen molar-refractivity contribution in [2.75, 3.05) is 18.0 Å². The first kappa shape index (κ1) is 14.9. The quantitative estimate of drug-likeness (QED) is 0.925. The Labute approximate surface area is 128 Å². The van der Waals surface area contributed by atoms with E-state index in [4.69, 9.17) is 0 Å². The van der Waals surface area contributed by atoms with Gasteiger partial charge in [0, 0.05) is 24.8 Å². The van der Waals surface area contributed by atoms with E-state index in [0.717, 1.165) is 0 Å². The lowest BCUT2D eigenvalue weighted by atomic mass is 9.96. The summed E-state index contributed by atoms with van der Waals surface area (Å²) in [4.78, 5) is 5.90. The second-order valence-electron chi connectivity index (χ2n) is 5.75. The van der Waals surface area contributed by atoms with Crippen LogP contribution in [0.3, 0.4) is 0 Å². The van der Waals surface area contributed by atoms with E-state index in [0.29, 0.717) is 25.2 Å². The van der Waals surface area contributed by atoms with Crippen LogP contribution in [0.4, 0.5) is 14.5 Å². The van der Waals surface area contributed by atoms with E-state index < -0.39 is 11.6 Å². The molecule has 1 aliphatic heterocycles. The van der Waals surface area contributed by atoms with Crippen LogP contribution < -0.4 is 4.90 Å². The third kappa shape index (κ3) is 2.68. The summed E-state index contributed by atoms with van der Waals surface area (Å²) in [6.07, 6.45) is 1.74. The van der Waals surface area contributed by atoms with Crippen LogP contribution in [0.15, 0.2) is 36.5 Å². The van der Waals surface area contributed by atoms with Crippen molar-refractivity contribution in [2.45, 2.75) is 19.4 Å². The zero-order chi connectivity index (χ0) is 15.7. The number of halogens is 2. The number of pyridine rings is 1. The predicted molar refractivity (Wildman–Crippen MR) is 81.6 cm³/mol. The van der Waals surface area contributed by atoms with Gasteiger partial charge >= 0.3 is 0 Å². The molecule has 1 aromatic carbocycles. The Morgan fingerprint density at radius 3 is 2.73 bits per heavy atom. The van der Waals surface area contributed by atoms with E-state index in [-0.39, 0.29) is 23.3 Å². The summed E-state index contributed by atoms with van der Waals surface area (Å²) in [5, 5.41) is 9.80. The van der Waals surface area contributed by atoms with E-state index in [2.05, 4.69) is 4.98 Å². The fourth-order valence-corrected chi connectivity index (χ4v) is 2.87. The highest BCUT2D eigenvalue weighted by atomic mass is 19.1. The number of aromatic nitrogens is 1. The molecule has 1 saturated heterocycles. The van der Waals surface area contributed by atoms with Crippen molar-refractivity contribution < 1.29 is 13.9 Å². The third-order valence-corrected chi connectivity index (χ3v) is 4.20. The molecule has 0 saturated carbocycles. The molecule has 0 bridgehead atoms. The number of aliphatic hydroxyl groups is 1. The van der Waals surface area contributed by atoms with Crippen LogP contribution in [0.5, 0.6) is 0 Å². The summed E-state index contributed by atoms with van der Waals surface area (Å²) in [5.74, 6) is -0.942. The minimum absolute atomic E-state index is 0.0226. The van der Waals surface area contributed by atoms with Crippen LogP contribution >= 0.6 is 0 Å². The molecule has 1 aliphatic rings. The van der Waals surface area contributed by atoms with Gasteiger partial charge in [-0.25, -0.2) is 8.78 Å². The lowest BCUT2D eigenvalue weighted by Gasteiger charge is -2.36. The standard InChI is InChI=1S/C17H18F2N2O/c1-11-10-21(9-7-15(11)22)14-6-8-20-17(16(14)19)12-4-2-3-5-13(12)18/h2-6,8,11,15,22H,7,9-10H2,1H3. The van der Waals surface area contributed by atoms with Gasteiger partial charge in [-0.05, 0) is 30.5 Å². The number of piperidine rings is 1. The lowest BCUT2D eigenvalue weighted by molar-refractivity contribution is 0.0969. The van der Waals surface area contributed by atoms with Crippen molar-refractivity contribution in [2.24, 2.45) is 5.92 Å². The van der Waals surface area contributed by atoms with Crippen LogP contribution in [0.2, 0.25) is 0 Å². The molecule has 0 aliphatic carbocycles. The summed E-state index contributed by atoms with van der Waals surface area (Å²) >= 11 is 0. The summed E-state index contributed by atoms with van der Waals surface area (Å²) in [5.41, 5.74) is 0.591. The Kier molecular flexibility index (Phi) is 4.07. The molecule has 22 heavy (non-hydrogen) atoms. The Morgan fingerprint density at radius 2 is 2.00 bits per heavy atom. The van der Waals surface area contributed by atoms with E-state index in [9.17, 15) is 13.9 Å². The first-order valence-corrected chi connectivity index (χ1v) is 7.40. The molecule has 1 N–H and O–H groups in total. The third-order valence-electron chi connectivity index (χ3n) is 4.20. The molecule has 3 nitrogen and oxygen atoms in total. The first-order chi connectivity index (χ1) is 10.6. The average molecular weight is 304 g/mol. The average Bonchev–Trinajstić information content (AvgIpc) is 2.51. The van der Waals surface area contributed by atoms with Gasteiger partial charge in [0.2, 0.25) is 0 Å². The topological polar surface area (TPSA) is 36.4 Å². The van der Waals surface area contributed by atoms with Gasteiger partial charge in [0.05, 0.1) is 11.8 Å². The summed E-state index contributed by atoms with van der Waals surface area (Å²) < 4.78 is 28.7. The van der Waals surface area contributed by atoms with E-state index in [1.54, 1.807) is 18.2 Å². The van der Waals surface area contributed by atoms with Crippen LogP contribution in [-0.4, -0.2) is 29.3 Å². The van der Waals surface area contributed by atoms with E-state index >= 15 is 0 Å². The zero-order valence-electron chi connectivity index (χ0n) is 12.3. The number of nitrogens with zero attached hydrogens (tertiary/aromatic N) is 2. The highest BCUT2D eigenvalue weighted by Gasteiger charge is 2.27. The van der Waals surface area contributed by atoms with Gasteiger partial charge in [-0.1, -0.05) is 19.1 Å². The predicted octanol–water partition coefficient (Wildman–Crippen LogP) is 3.23. The molecule has 0 spiro atoms. The number of aliphatic hydroxyl groups excluding tert-OH is 1. The highest BCUT2D eigenvalue weighted by molar-refractivity contribution is 5.66. The molecule has 2 aromatic rings. The van der Waals surface area contributed by atoms with Crippen molar-refractivity contribution in [3.8, 4) is 11.3 Å². The van der Waals surface area contributed by atoms with Crippen LogP contribution in [0.25, 0.3) is 11.3 Å². The number of rotatable bonds is 2. The fourth-order valence-electron chi connectivity index (χ4n) is 2.87. The SMILES string of the molecule is CC1CN(c2ccnc(-c3ccccc3F)c2F)CCC1O. The highest BCUT2D eigenvalue weighted by Crippen LogP contribution is 2.31. The van der Waals surface area contributed by atoms with Gasteiger partial charge < -0.3 is 10.0 Å². The molecule has 2 unspecified atom stereocenters. The lowest BCUT2D eigenvalue weighted by Crippen LogP contribution is -2.42. The number of anilines is 1. The minimum Gasteiger partial charge on any atom is -0.393 e. The maximum Gasteiger partial charge on any atom is 0.172 e. The zero-order valence-corrected chi connectivity index (χ0v) is 12.3. The summed E-state index contributed by atoms with van der Waals surface area (Å²) in [7, 11) is 0. The Hall–Kier alpha value is -2.01. The Bertz CT molecular complexity index is 677. The molecule has 0 amide bonds. The van der Waals surface area contributed by atoms with Crippen molar-refractivity contribution in [1.82, 2.24) is 4.98 Å². The molecule has 2 atom stereocenters. The van der Waals surface area contributed by atoms with Gasteiger partial charge in [-0.2, -0.15) is 0 Å². The van der Waals surface area contributed by atoms with E-state index in [1.165, 1.54) is 18.3 Å². The molecule has 2 heterocycles. The normalized spacial score (nSPS) is 21.9. The second kappa shape index (κ2) is 6.01. The molecule has 1 aromatic heterocycles. The molecule has 1 fully saturated rings. The van der Waals surface area contributed by atoms with Crippen molar-refractivity contribution in [1.29, 1.82) is 0 Å². The number of hydrogen-bond acceptors (Lipinski definition) is 3. The van der Waals surface area contributed by atoms with Crippen molar-refractivity contribution in [3.05, 3.63) is 48.2 Å². The van der Waals surface area contributed by atoms with Gasteiger partial charge in [0.15, 0.2) is 5.82 Å². The Balaban J connectivity index is 1.98. The van der Waals surface area contributed by atoms with Crippen LogP contribution in [-0.2, 0) is 0 Å². The molecule has 116 valence electrons. The monoisotopic (exact) mass is 304 g/mol. The summed E-state index contributed by atoms with van der Waals surface area (Å²) in [6.45, 7) is 3.08. The van der Waals surface area contributed by atoms with Gasteiger partial charge in [-0.3, -0.25) is 4.98 Å². The maximum atomic E-state index is 14.8.